The highest BCUT2D eigenvalue weighted by molar-refractivity contribution is 5.73. The average Bonchev–Trinajstić information content (AvgIpc) is 2.30. The maximum absolute atomic E-state index is 12.9. The molecule has 7 heteroatoms. The highest BCUT2D eigenvalue weighted by Crippen LogP contribution is 2.28. The highest BCUT2D eigenvalue weighted by atomic mass is 19.1. The second kappa shape index (κ2) is 5.95. The number of rotatable bonds is 6. The van der Waals surface area contributed by atoms with Gasteiger partial charge in [-0.3, -0.25) is 10.1 Å². The quantitative estimate of drug-likeness (QED) is 0.624. The number of carboxylic acids is 1. The topological polar surface area (TPSA) is 89.7 Å². The molecule has 1 aromatic rings. The zero-order valence-corrected chi connectivity index (χ0v) is 9.63. The third kappa shape index (κ3) is 3.41. The molecular formula is C11H12FNO5. The van der Waals surface area contributed by atoms with Crippen LogP contribution in [0.25, 0.3) is 0 Å². The van der Waals surface area contributed by atoms with Crippen LogP contribution in [0.2, 0.25) is 0 Å². The van der Waals surface area contributed by atoms with Crippen molar-refractivity contribution in [2.75, 3.05) is 0 Å². The Hall–Kier alpha value is -2.18. The van der Waals surface area contributed by atoms with Crippen LogP contribution in [-0.2, 0) is 4.79 Å². The van der Waals surface area contributed by atoms with Crippen molar-refractivity contribution in [2.45, 2.75) is 25.9 Å². The number of ether oxygens (including phenoxy) is 1. The Labute approximate surface area is 102 Å². The summed E-state index contributed by atoms with van der Waals surface area (Å²) in [5.41, 5.74) is -0.586. The Morgan fingerprint density at radius 3 is 2.78 bits per heavy atom. The summed E-state index contributed by atoms with van der Waals surface area (Å²) in [4.78, 5) is 20.8. The lowest BCUT2D eigenvalue weighted by Crippen LogP contribution is -2.27. The van der Waals surface area contributed by atoms with Gasteiger partial charge in [-0.05, 0) is 18.6 Å². The molecule has 0 bridgehead atoms. The fraction of sp³-hybridized carbons (Fsp3) is 0.364. The van der Waals surface area contributed by atoms with Gasteiger partial charge in [0.15, 0.2) is 11.9 Å². The lowest BCUT2D eigenvalue weighted by atomic mass is 10.2. The third-order valence-electron chi connectivity index (χ3n) is 2.21. The number of hydrogen-bond acceptors (Lipinski definition) is 4. The van der Waals surface area contributed by atoms with Crippen molar-refractivity contribution in [1.29, 1.82) is 0 Å². The van der Waals surface area contributed by atoms with Crippen molar-refractivity contribution in [3.05, 3.63) is 34.1 Å². The van der Waals surface area contributed by atoms with Crippen LogP contribution < -0.4 is 4.74 Å². The van der Waals surface area contributed by atoms with E-state index >= 15 is 0 Å². The van der Waals surface area contributed by atoms with Crippen LogP contribution in [0.5, 0.6) is 5.75 Å². The minimum atomic E-state index is -1.21. The standard InChI is InChI=1S/C11H12FNO5/c1-2-3-10(11(14)15)18-9-5-4-7(12)6-8(9)13(16)17/h4-6,10H,2-3H2,1H3,(H,14,15). The van der Waals surface area contributed by atoms with Crippen molar-refractivity contribution in [1.82, 2.24) is 0 Å². The number of nitro benzene ring substituents is 1. The van der Waals surface area contributed by atoms with Crippen molar-refractivity contribution < 1.29 is 24.0 Å². The first-order valence-electron chi connectivity index (χ1n) is 5.29. The van der Waals surface area contributed by atoms with Gasteiger partial charge < -0.3 is 9.84 Å². The van der Waals surface area contributed by atoms with Crippen LogP contribution in [0.1, 0.15) is 19.8 Å². The number of halogens is 1. The monoisotopic (exact) mass is 257 g/mol. The lowest BCUT2D eigenvalue weighted by Gasteiger charge is -2.14. The predicted molar refractivity (Wildman–Crippen MR) is 60.0 cm³/mol. The summed E-state index contributed by atoms with van der Waals surface area (Å²) in [5, 5.41) is 19.6. The number of carboxylic acid groups (broad SMARTS) is 1. The van der Waals surface area contributed by atoms with Gasteiger partial charge in [-0.15, -0.1) is 0 Å². The van der Waals surface area contributed by atoms with E-state index in [1.807, 2.05) is 0 Å². The van der Waals surface area contributed by atoms with Gasteiger partial charge in [0.2, 0.25) is 0 Å². The Morgan fingerprint density at radius 1 is 1.61 bits per heavy atom. The fourth-order valence-corrected chi connectivity index (χ4v) is 1.38. The molecule has 0 aliphatic carbocycles. The number of carbonyl (C=O) groups is 1. The molecule has 1 atom stereocenters. The van der Waals surface area contributed by atoms with E-state index in [0.717, 1.165) is 12.1 Å². The van der Waals surface area contributed by atoms with Crippen LogP contribution in [0.4, 0.5) is 10.1 Å². The molecule has 0 aliphatic heterocycles. The van der Waals surface area contributed by atoms with Gasteiger partial charge in [0.05, 0.1) is 11.0 Å². The van der Waals surface area contributed by atoms with Gasteiger partial charge in [-0.1, -0.05) is 13.3 Å². The first kappa shape index (κ1) is 13.9. The van der Waals surface area contributed by atoms with E-state index in [1.165, 1.54) is 0 Å². The molecule has 1 aromatic carbocycles. The Kier molecular flexibility index (Phi) is 4.59. The number of nitro groups is 1. The summed E-state index contributed by atoms with van der Waals surface area (Å²) in [6.45, 7) is 1.76. The van der Waals surface area contributed by atoms with E-state index in [4.69, 9.17) is 9.84 Å². The molecule has 0 saturated heterocycles. The predicted octanol–water partition coefficient (Wildman–Crippen LogP) is 2.37. The molecule has 0 fully saturated rings. The maximum Gasteiger partial charge on any atom is 0.344 e. The molecule has 0 amide bonds. The van der Waals surface area contributed by atoms with Crippen molar-refractivity contribution in [2.24, 2.45) is 0 Å². The Bertz CT molecular complexity index is 463. The summed E-state index contributed by atoms with van der Waals surface area (Å²) in [7, 11) is 0. The average molecular weight is 257 g/mol. The van der Waals surface area contributed by atoms with Gasteiger partial charge in [0, 0.05) is 0 Å². The normalized spacial score (nSPS) is 11.9. The van der Waals surface area contributed by atoms with Crippen LogP contribution in [0, 0.1) is 15.9 Å². The van der Waals surface area contributed by atoms with Crippen molar-refractivity contribution in [3.8, 4) is 5.75 Å². The molecule has 0 aliphatic rings. The summed E-state index contributed by atoms with van der Waals surface area (Å²) < 4.78 is 17.9. The lowest BCUT2D eigenvalue weighted by molar-refractivity contribution is -0.386. The van der Waals surface area contributed by atoms with Gasteiger partial charge in [0.1, 0.15) is 5.82 Å². The summed E-state index contributed by atoms with van der Waals surface area (Å²) in [6.07, 6.45) is -0.422. The van der Waals surface area contributed by atoms with E-state index in [0.29, 0.717) is 12.5 Å². The van der Waals surface area contributed by atoms with Crippen molar-refractivity contribution in [3.63, 3.8) is 0 Å². The van der Waals surface area contributed by atoms with Crippen LogP contribution in [-0.4, -0.2) is 22.1 Å². The van der Waals surface area contributed by atoms with Gasteiger partial charge in [0.25, 0.3) is 0 Å². The second-order valence-corrected chi connectivity index (χ2v) is 3.60. The first-order chi connectivity index (χ1) is 8.45. The first-order valence-corrected chi connectivity index (χ1v) is 5.29. The molecule has 1 unspecified atom stereocenters. The summed E-state index contributed by atoms with van der Waals surface area (Å²) >= 11 is 0. The van der Waals surface area contributed by atoms with Gasteiger partial charge in [-0.25, -0.2) is 9.18 Å². The zero-order valence-electron chi connectivity index (χ0n) is 9.63. The number of nitrogens with zero attached hydrogens (tertiary/aromatic N) is 1. The molecule has 0 saturated carbocycles. The Balaban J connectivity index is 3.01. The summed E-state index contributed by atoms with van der Waals surface area (Å²) in [5.74, 6) is -2.24. The van der Waals surface area contributed by atoms with E-state index in [9.17, 15) is 19.3 Å². The largest absolute Gasteiger partial charge is 0.479 e. The molecule has 0 radical (unpaired) electrons. The molecule has 6 nitrogen and oxygen atoms in total. The molecule has 1 N–H and O–H groups in total. The number of benzene rings is 1. The SMILES string of the molecule is CCCC(Oc1ccc(F)cc1[N+](=O)[O-])C(=O)O. The molecule has 98 valence electrons. The smallest absolute Gasteiger partial charge is 0.344 e. The molecular weight excluding hydrogens is 245 g/mol. The molecule has 0 heterocycles. The van der Waals surface area contributed by atoms with Crippen LogP contribution in [0.3, 0.4) is 0 Å². The maximum atomic E-state index is 12.9. The molecule has 18 heavy (non-hydrogen) atoms. The van der Waals surface area contributed by atoms with E-state index in [2.05, 4.69) is 0 Å². The fourth-order valence-electron chi connectivity index (χ4n) is 1.38. The number of hydrogen-bond donors (Lipinski definition) is 1. The van der Waals surface area contributed by atoms with Crippen LogP contribution in [0.15, 0.2) is 18.2 Å². The van der Waals surface area contributed by atoms with E-state index in [1.54, 1.807) is 6.92 Å². The van der Waals surface area contributed by atoms with Crippen LogP contribution >= 0.6 is 0 Å². The molecule has 0 spiro atoms. The van der Waals surface area contributed by atoms with E-state index in [-0.39, 0.29) is 12.2 Å². The molecule has 0 aromatic heterocycles. The van der Waals surface area contributed by atoms with Gasteiger partial charge in [-0.2, -0.15) is 0 Å². The minimum Gasteiger partial charge on any atom is -0.479 e. The van der Waals surface area contributed by atoms with E-state index < -0.39 is 28.5 Å². The third-order valence-corrected chi connectivity index (χ3v) is 2.21. The van der Waals surface area contributed by atoms with Crippen molar-refractivity contribution >= 4 is 11.7 Å². The van der Waals surface area contributed by atoms with Gasteiger partial charge >= 0.3 is 11.7 Å². The zero-order chi connectivity index (χ0) is 13.7. The Morgan fingerprint density at radius 2 is 2.28 bits per heavy atom. The number of aliphatic carboxylic acids is 1. The molecule has 1 rings (SSSR count). The summed E-state index contributed by atoms with van der Waals surface area (Å²) in [6, 6.07) is 2.73. The second-order valence-electron chi connectivity index (χ2n) is 3.60. The highest BCUT2D eigenvalue weighted by Gasteiger charge is 2.23. The minimum absolute atomic E-state index is 0.212.